The highest BCUT2D eigenvalue weighted by atomic mass is 32.2. The SMILES string of the molecule is O=C(O)CN(C(=O)N1CCSCC1)C1CCCC1. The number of rotatable bonds is 3. The van der Waals surface area contributed by atoms with Crippen LogP contribution in [0.2, 0.25) is 0 Å². The number of hydrogen-bond acceptors (Lipinski definition) is 3. The van der Waals surface area contributed by atoms with Gasteiger partial charge in [-0.05, 0) is 12.8 Å². The first-order valence-corrected chi connectivity index (χ1v) is 7.69. The van der Waals surface area contributed by atoms with Gasteiger partial charge in [-0.3, -0.25) is 4.79 Å². The fourth-order valence-electron chi connectivity index (χ4n) is 2.65. The summed E-state index contributed by atoms with van der Waals surface area (Å²) in [5.41, 5.74) is 0. The number of carbonyl (C=O) groups is 2. The topological polar surface area (TPSA) is 60.9 Å². The largest absolute Gasteiger partial charge is 0.480 e. The van der Waals surface area contributed by atoms with E-state index in [0.29, 0.717) is 0 Å². The molecule has 2 amide bonds. The first-order chi connectivity index (χ1) is 8.68. The second-order valence-corrected chi connectivity index (χ2v) is 6.07. The van der Waals surface area contributed by atoms with Crippen molar-refractivity contribution in [2.75, 3.05) is 31.1 Å². The van der Waals surface area contributed by atoms with Crippen LogP contribution >= 0.6 is 11.8 Å². The molecular weight excluding hydrogens is 252 g/mol. The molecular formula is C12H20N2O3S. The number of amides is 2. The highest BCUT2D eigenvalue weighted by Crippen LogP contribution is 2.25. The molecule has 0 radical (unpaired) electrons. The van der Waals surface area contributed by atoms with Gasteiger partial charge in [0.2, 0.25) is 0 Å². The number of carboxylic acids is 1. The van der Waals surface area contributed by atoms with Gasteiger partial charge in [0.15, 0.2) is 0 Å². The molecule has 1 aliphatic heterocycles. The predicted molar refractivity (Wildman–Crippen MR) is 70.9 cm³/mol. The Morgan fingerprint density at radius 1 is 1.22 bits per heavy atom. The lowest BCUT2D eigenvalue weighted by molar-refractivity contribution is -0.138. The summed E-state index contributed by atoms with van der Waals surface area (Å²) in [5, 5.41) is 8.97. The Morgan fingerprint density at radius 3 is 2.39 bits per heavy atom. The fraction of sp³-hybridized carbons (Fsp3) is 0.833. The summed E-state index contributed by atoms with van der Waals surface area (Å²) < 4.78 is 0. The molecule has 102 valence electrons. The molecule has 1 saturated carbocycles. The summed E-state index contributed by atoms with van der Waals surface area (Å²) in [6.07, 6.45) is 4.09. The van der Waals surface area contributed by atoms with E-state index in [9.17, 15) is 9.59 Å². The van der Waals surface area contributed by atoms with Crippen molar-refractivity contribution in [3.05, 3.63) is 0 Å². The van der Waals surface area contributed by atoms with Crippen molar-refractivity contribution in [2.45, 2.75) is 31.7 Å². The molecule has 0 aromatic carbocycles. The predicted octanol–water partition coefficient (Wildman–Crippen LogP) is 1.48. The monoisotopic (exact) mass is 272 g/mol. The summed E-state index contributed by atoms with van der Waals surface area (Å²) in [6, 6.07) is 0.0489. The number of nitrogens with zero attached hydrogens (tertiary/aromatic N) is 2. The Bertz CT molecular complexity index is 312. The van der Waals surface area contributed by atoms with E-state index in [1.54, 1.807) is 9.80 Å². The molecule has 0 aromatic heterocycles. The average Bonchev–Trinajstić information content (AvgIpc) is 2.89. The molecule has 18 heavy (non-hydrogen) atoms. The summed E-state index contributed by atoms with van der Waals surface area (Å²) in [4.78, 5) is 26.7. The molecule has 0 aromatic rings. The molecule has 1 aliphatic carbocycles. The van der Waals surface area contributed by atoms with Crippen molar-refractivity contribution in [3.63, 3.8) is 0 Å². The Labute approximate surface area is 112 Å². The molecule has 6 heteroatoms. The maximum atomic E-state index is 12.4. The summed E-state index contributed by atoms with van der Waals surface area (Å²) in [5.74, 6) is 0.996. The minimum Gasteiger partial charge on any atom is -0.480 e. The lowest BCUT2D eigenvalue weighted by Gasteiger charge is -2.35. The molecule has 5 nitrogen and oxygen atoms in total. The van der Waals surface area contributed by atoms with Crippen molar-refractivity contribution >= 4 is 23.8 Å². The van der Waals surface area contributed by atoms with Crippen molar-refractivity contribution in [3.8, 4) is 0 Å². The number of thioether (sulfide) groups is 1. The molecule has 2 fully saturated rings. The Morgan fingerprint density at radius 2 is 1.83 bits per heavy atom. The van der Waals surface area contributed by atoms with E-state index in [-0.39, 0.29) is 18.6 Å². The van der Waals surface area contributed by atoms with E-state index in [1.807, 2.05) is 11.8 Å². The normalized spacial score (nSPS) is 21.0. The van der Waals surface area contributed by atoms with E-state index in [4.69, 9.17) is 5.11 Å². The third-order valence-electron chi connectivity index (χ3n) is 3.60. The highest BCUT2D eigenvalue weighted by molar-refractivity contribution is 7.99. The second-order valence-electron chi connectivity index (χ2n) is 4.84. The van der Waals surface area contributed by atoms with Crippen LogP contribution in [0.4, 0.5) is 4.79 Å². The highest BCUT2D eigenvalue weighted by Gasteiger charge is 2.31. The van der Waals surface area contributed by atoms with Crippen molar-refractivity contribution in [2.24, 2.45) is 0 Å². The smallest absolute Gasteiger partial charge is 0.323 e. The number of carbonyl (C=O) groups excluding carboxylic acids is 1. The van der Waals surface area contributed by atoms with Gasteiger partial charge in [0.1, 0.15) is 6.54 Å². The minimum absolute atomic E-state index is 0.0791. The minimum atomic E-state index is -0.915. The Hall–Kier alpha value is -0.910. The first kappa shape index (κ1) is 13.5. The van der Waals surface area contributed by atoms with Crippen molar-refractivity contribution < 1.29 is 14.7 Å². The van der Waals surface area contributed by atoms with Gasteiger partial charge in [0.25, 0.3) is 0 Å². The second kappa shape index (κ2) is 6.31. The van der Waals surface area contributed by atoms with Gasteiger partial charge in [0, 0.05) is 30.6 Å². The van der Waals surface area contributed by atoms with Crippen LogP contribution in [-0.4, -0.2) is 64.1 Å². The van der Waals surface area contributed by atoms with Crippen LogP contribution in [0.15, 0.2) is 0 Å². The van der Waals surface area contributed by atoms with E-state index in [0.717, 1.165) is 50.3 Å². The third kappa shape index (κ3) is 3.31. The van der Waals surface area contributed by atoms with Gasteiger partial charge in [0.05, 0.1) is 0 Å². The van der Waals surface area contributed by atoms with Crippen LogP contribution in [0.1, 0.15) is 25.7 Å². The van der Waals surface area contributed by atoms with Gasteiger partial charge < -0.3 is 14.9 Å². The first-order valence-electron chi connectivity index (χ1n) is 6.53. The zero-order chi connectivity index (χ0) is 13.0. The molecule has 2 aliphatic rings. The summed E-state index contributed by atoms with van der Waals surface area (Å²) in [6.45, 7) is 1.33. The molecule has 0 unspecified atom stereocenters. The fourth-order valence-corrected chi connectivity index (χ4v) is 3.55. The van der Waals surface area contributed by atoms with Gasteiger partial charge in [-0.1, -0.05) is 12.8 Å². The maximum absolute atomic E-state index is 12.4. The quantitative estimate of drug-likeness (QED) is 0.845. The van der Waals surface area contributed by atoms with Crippen LogP contribution in [0.3, 0.4) is 0 Å². The van der Waals surface area contributed by atoms with Gasteiger partial charge in [-0.2, -0.15) is 11.8 Å². The van der Waals surface area contributed by atoms with E-state index < -0.39 is 5.97 Å². The van der Waals surface area contributed by atoms with Crippen LogP contribution in [0.25, 0.3) is 0 Å². The van der Waals surface area contributed by atoms with Crippen molar-refractivity contribution in [1.29, 1.82) is 0 Å². The lowest BCUT2D eigenvalue weighted by Crippen LogP contribution is -2.51. The summed E-state index contributed by atoms with van der Waals surface area (Å²) in [7, 11) is 0. The van der Waals surface area contributed by atoms with Gasteiger partial charge in [-0.25, -0.2) is 4.79 Å². The molecule has 2 rings (SSSR count). The maximum Gasteiger partial charge on any atom is 0.323 e. The van der Waals surface area contributed by atoms with Crippen LogP contribution in [0, 0.1) is 0 Å². The van der Waals surface area contributed by atoms with Crippen LogP contribution < -0.4 is 0 Å². The molecule has 1 saturated heterocycles. The third-order valence-corrected chi connectivity index (χ3v) is 4.54. The van der Waals surface area contributed by atoms with Gasteiger partial charge in [-0.15, -0.1) is 0 Å². The van der Waals surface area contributed by atoms with Gasteiger partial charge >= 0.3 is 12.0 Å². The lowest BCUT2D eigenvalue weighted by atomic mass is 10.2. The van der Waals surface area contributed by atoms with E-state index >= 15 is 0 Å². The standard InChI is InChI=1S/C12H20N2O3S/c15-11(16)9-14(10-3-1-2-4-10)12(17)13-5-7-18-8-6-13/h10H,1-9H2,(H,15,16). The zero-order valence-electron chi connectivity index (χ0n) is 10.5. The molecule has 1 heterocycles. The average molecular weight is 272 g/mol. The number of aliphatic carboxylic acids is 1. The van der Waals surface area contributed by atoms with Crippen LogP contribution in [0.5, 0.6) is 0 Å². The molecule has 1 N–H and O–H groups in total. The molecule has 0 bridgehead atoms. The van der Waals surface area contributed by atoms with E-state index in [2.05, 4.69) is 0 Å². The number of hydrogen-bond donors (Lipinski definition) is 1. The Kier molecular flexibility index (Phi) is 4.74. The van der Waals surface area contributed by atoms with Crippen LogP contribution in [-0.2, 0) is 4.79 Å². The van der Waals surface area contributed by atoms with E-state index in [1.165, 1.54) is 0 Å². The Balaban J connectivity index is 2.01. The zero-order valence-corrected chi connectivity index (χ0v) is 11.3. The number of urea groups is 1. The summed E-state index contributed by atoms with van der Waals surface area (Å²) >= 11 is 1.85. The van der Waals surface area contributed by atoms with Crippen molar-refractivity contribution in [1.82, 2.24) is 9.80 Å². The number of carboxylic acid groups (broad SMARTS) is 1. The molecule has 0 atom stereocenters. The molecule has 0 spiro atoms.